The van der Waals surface area contributed by atoms with Gasteiger partial charge in [0, 0.05) is 6.42 Å². The average Bonchev–Trinajstić information content (AvgIpc) is 2.16. The summed E-state index contributed by atoms with van der Waals surface area (Å²) >= 11 is 0. The Balaban J connectivity index is 2.67. The van der Waals surface area contributed by atoms with E-state index in [1.54, 1.807) is 0 Å². The Morgan fingerprint density at radius 1 is 1.50 bits per heavy atom. The van der Waals surface area contributed by atoms with E-state index in [9.17, 15) is 21.6 Å². The van der Waals surface area contributed by atoms with Crippen LogP contribution in [0.25, 0.3) is 0 Å². The summed E-state index contributed by atoms with van der Waals surface area (Å²) in [6.45, 7) is 1.98. The smallest absolute Gasteiger partial charge is 0.381 e. The summed E-state index contributed by atoms with van der Waals surface area (Å²) in [5.74, 6) is 0.308. The molecule has 0 aromatic rings. The van der Waals surface area contributed by atoms with Crippen LogP contribution in [0, 0.1) is 5.92 Å². The molecule has 94 valence electrons. The largest absolute Gasteiger partial charge is 0.534 e. The predicted octanol–water partition coefficient (Wildman–Crippen LogP) is 2.95. The second-order valence-corrected chi connectivity index (χ2v) is 5.24. The summed E-state index contributed by atoms with van der Waals surface area (Å²) in [5, 5.41) is 0. The van der Waals surface area contributed by atoms with Crippen LogP contribution >= 0.6 is 0 Å². The molecule has 3 nitrogen and oxygen atoms in total. The number of alkyl halides is 3. The number of allylic oxidation sites excluding steroid dienone is 2. The van der Waals surface area contributed by atoms with Crippen molar-refractivity contribution in [3.8, 4) is 0 Å². The molecule has 0 saturated carbocycles. The van der Waals surface area contributed by atoms with Crippen LogP contribution in [0.4, 0.5) is 13.2 Å². The lowest BCUT2D eigenvalue weighted by Gasteiger charge is -2.20. The summed E-state index contributed by atoms with van der Waals surface area (Å²) < 4.78 is 61.4. The lowest BCUT2D eigenvalue weighted by molar-refractivity contribution is -0.0524. The van der Waals surface area contributed by atoms with Gasteiger partial charge in [0.05, 0.1) is 0 Å². The van der Waals surface area contributed by atoms with Crippen molar-refractivity contribution in [2.75, 3.05) is 0 Å². The fraction of sp³-hybridized carbons (Fsp3) is 0.778. The maximum Gasteiger partial charge on any atom is 0.534 e. The molecule has 0 aromatic heterocycles. The molecule has 1 aliphatic carbocycles. The van der Waals surface area contributed by atoms with Crippen molar-refractivity contribution in [2.45, 2.75) is 38.1 Å². The van der Waals surface area contributed by atoms with E-state index in [1.165, 1.54) is 6.08 Å². The zero-order valence-corrected chi connectivity index (χ0v) is 9.57. The minimum Gasteiger partial charge on any atom is -0.381 e. The van der Waals surface area contributed by atoms with Crippen molar-refractivity contribution in [2.24, 2.45) is 5.92 Å². The van der Waals surface area contributed by atoms with E-state index >= 15 is 0 Å². The fourth-order valence-electron chi connectivity index (χ4n) is 1.50. The van der Waals surface area contributed by atoms with Gasteiger partial charge in [-0.05, 0) is 24.8 Å². The molecule has 0 N–H and O–H groups in total. The highest BCUT2D eigenvalue weighted by Gasteiger charge is 2.48. The van der Waals surface area contributed by atoms with Crippen molar-refractivity contribution in [1.82, 2.24) is 0 Å². The third-order valence-corrected chi connectivity index (χ3v) is 3.56. The molecule has 1 unspecified atom stereocenters. The minimum absolute atomic E-state index is 0.0953. The molecule has 7 heteroatoms. The fourth-order valence-corrected chi connectivity index (χ4v) is 2.03. The van der Waals surface area contributed by atoms with Crippen molar-refractivity contribution in [3.63, 3.8) is 0 Å². The monoisotopic (exact) mass is 258 g/mol. The summed E-state index contributed by atoms with van der Waals surface area (Å²) in [6, 6.07) is 0. The third kappa shape index (κ3) is 3.13. The van der Waals surface area contributed by atoms with E-state index in [2.05, 4.69) is 4.18 Å². The highest BCUT2D eigenvalue weighted by atomic mass is 32.2. The van der Waals surface area contributed by atoms with E-state index in [4.69, 9.17) is 0 Å². The number of halogens is 3. The van der Waals surface area contributed by atoms with Crippen molar-refractivity contribution in [3.05, 3.63) is 11.8 Å². The SMILES string of the molecule is CCC1CC=C(OS(=O)(=O)C(F)(F)F)CC1. The van der Waals surface area contributed by atoms with Crippen molar-refractivity contribution in [1.29, 1.82) is 0 Å². The number of rotatable bonds is 3. The Hall–Kier alpha value is -0.720. The standard InChI is InChI=1S/C9H13F3O3S/c1-2-7-3-5-8(6-4-7)15-16(13,14)9(10,11)12/h5,7H,2-4,6H2,1H3. The molecular formula is C9H13F3O3S. The molecular weight excluding hydrogens is 245 g/mol. The maximum atomic E-state index is 12.0. The molecule has 0 bridgehead atoms. The van der Waals surface area contributed by atoms with Crippen LogP contribution in [0.5, 0.6) is 0 Å². The van der Waals surface area contributed by atoms with Gasteiger partial charge in [-0.25, -0.2) is 0 Å². The van der Waals surface area contributed by atoms with E-state index < -0.39 is 15.6 Å². The van der Waals surface area contributed by atoms with Crippen LogP contribution < -0.4 is 0 Å². The molecule has 0 heterocycles. The highest BCUT2D eigenvalue weighted by molar-refractivity contribution is 7.87. The van der Waals surface area contributed by atoms with Gasteiger partial charge >= 0.3 is 15.6 Å². The zero-order valence-electron chi connectivity index (χ0n) is 8.75. The second-order valence-electron chi connectivity index (χ2n) is 3.70. The number of hydrogen-bond donors (Lipinski definition) is 0. The first-order valence-electron chi connectivity index (χ1n) is 4.96. The summed E-state index contributed by atoms with van der Waals surface area (Å²) in [6.07, 6.45) is 3.83. The summed E-state index contributed by atoms with van der Waals surface area (Å²) in [4.78, 5) is 0. The van der Waals surface area contributed by atoms with Crippen LogP contribution in [0.1, 0.15) is 32.6 Å². The van der Waals surface area contributed by atoms with Gasteiger partial charge < -0.3 is 4.18 Å². The van der Waals surface area contributed by atoms with Crippen molar-refractivity contribution < 1.29 is 25.8 Å². The Labute approximate surface area is 92.4 Å². The van der Waals surface area contributed by atoms with Gasteiger partial charge in [0.15, 0.2) is 0 Å². The number of hydrogen-bond acceptors (Lipinski definition) is 3. The van der Waals surface area contributed by atoms with Crippen LogP contribution in [0.15, 0.2) is 11.8 Å². The summed E-state index contributed by atoms with van der Waals surface area (Å²) in [7, 11) is -5.49. The van der Waals surface area contributed by atoms with Gasteiger partial charge in [0.1, 0.15) is 5.76 Å². The highest BCUT2D eigenvalue weighted by Crippen LogP contribution is 2.31. The lowest BCUT2D eigenvalue weighted by Crippen LogP contribution is -2.26. The van der Waals surface area contributed by atoms with E-state index in [-0.39, 0.29) is 12.2 Å². The Morgan fingerprint density at radius 3 is 2.50 bits per heavy atom. The molecule has 0 aromatic carbocycles. The molecule has 1 aliphatic rings. The minimum atomic E-state index is -5.49. The lowest BCUT2D eigenvalue weighted by atomic mass is 9.91. The van der Waals surface area contributed by atoms with Crippen LogP contribution in [0.2, 0.25) is 0 Å². The third-order valence-electron chi connectivity index (χ3n) is 2.56. The van der Waals surface area contributed by atoms with Crippen molar-refractivity contribution >= 4 is 10.1 Å². The Morgan fingerprint density at radius 2 is 2.12 bits per heavy atom. The zero-order chi connectivity index (χ0) is 12.4. The molecule has 1 atom stereocenters. The Kier molecular flexibility index (Phi) is 3.88. The Bertz CT molecular complexity index is 370. The van der Waals surface area contributed by atoms with E-state index in [1.807, 2.05) is 6.92 Å². The van der Waals surface area contributed by atoms with Crippen LogP contribution in [-0.4, -0.2) is 13.9 Å². The van der Waals surface area contributed by atoms with Gasteiger partial charge in [-0.3, -0.25) is 0 Å². The molecule has 0 aliphatic heterocycles. The molecule has 0 amide bonds. The van der Waals surface area contributed by atoms with Crippen LogP contribution in [-0.2, 0) is 14.3 Å². The van der Waals surface area contributed by atoms with Gasteiger partial charge in [0.2, 0.25) is 0 Å². The average molecular weight is 258 g/mol. The maximum absolute atomic E-state index is 12.0. The van der Waals surface area contributed by atoms with Crippen LogP contribution in [0.3, 0.4) is 0 Å². The topological polar surface area (TPSA) is 43.4 Å². The first kappa shape index (κ1) is 13.3. The first-order chi connectivity index (χ1) is 7.26. The van der Waals surface area contributed by atoms with E-state index in [0.29, 0.717) is 18.8 Å². The van der Waals surface area contributed by atoms with Gasteiger partial charge in [0.25, 0.3) is 0 Å². The molecule has 0 spiro atoms. The quantitative estimate of drug-likeness (QED) is 0.577. The molecule has 0 fully saturated rings. The first-order valence-corrected chi connectivity index (χ1v) is 6.37. The molecule has 0 saturated heterocycles. The normalized spacial score (nSPS) is 22.8. The van der Waals surface area contributed by atoms with Gasteiger partial charge in [-0.15, -0.1) is 0 Å². The predicted molar refractivity (Wildman–Crippen MR) is 51.8 cm³/mol. The summed E-state index contributed by atoms with van der Waals surface area (Å²) in [5.41, 5.74) is -5.35. The molecule has 16 heavy (non-hydrogen) atoms. The van der Waals surface area contributed by atoms with Gasteiger partial charge in [-0.1, -0.05) is 13.3 Å². The molecule has 1 rings (SSSR count). The molecule has 0 radical (unpaired) electrons. The van der Waals surface area contributed by atoms with Gasteiger partial charge in [-0.2, -0.15) is 21.6 Å². The second kappa shape index (κ2) is 4.65. The van der Waals surface area contributed by atoms with E-state index in [0.717, 1.165) is 6.42 Å².